The Morgan fingerprint density at radius 3 is 1.61 bits per heavy atom. The van der Waals surface area contributed by atoms with Gasteiger partial charge in [0.15, 0.2) is 0 Å². The van der Waals surface area contributed by atoms with Crippen LogP contribution in [0.25, 0.3) is 93.2 Å². The van der Waals surface area contributed by atoms with Gasteiger partial charge in [-0.15, -0.1) is 0 Å². The number of fused-ring (bicyclic) bond motifs is 18. The van der Waals surface area contributed by atoms with Crippen molar-refractivity contribution >= 4 is 71.2 Å². The zero-order chi connectivity index (χ0) is 45.2. The van der Waals surface area contributed by atoms with Gasteiger partial charge in [0.1, 0.15) is 0 Å². The van der Waals surface area contributed by atoms with Gasteiger partial charge in [0, 0.05) is 38.8 Å². The summed E-state index contributed by atoms with van der Waals surface area (Å²) in [5.74, 6) is 0. The van der Waals surface area contributed by atoms with E-state index in [1.807, 2.05) is 0 Å². The molecule has 0 N–H and O–H groups in total. The Kier molecular flexibility index (Phi) is 8.02. The van der Waals surface area contributed by atoms with Gasteiger partial charge in [-0.1, -0.05) is 206 Å². The van der Waals surface area contributed by atoms with Crippen LogP contribution in [0.2, 0.25) is 0 Å². The van der Waals surface area contributed by atoms with E-state index in [0.29, 0.717) is 0 Å². The molecule has 69 heavy (non-hydrogen) atoms. The first-order valence-electron chi connectivity index (χ1n) is 24.0. The SMILES string of the molecule is c1ccc(-n2c3cc(-c4ccc(N(c5ccc6ccc7ccccc7c6c5)c5cccc6c5-c5ccccc5C65c6ccccc6-c6ccccc65)cc4)ccc3c3ccc4ccccc4c32)cc1. The normalized spacial score (nSPS) is 13.0. The van der Waals surface area contributed by atoms with Crippen LogP contribution in [-0.4, -0.2) is 4.57 Å². The van der Waals surface area contributed by atoms with Gasteiger partial charge in [-0.05, 0) is 126 Å². The van der Waals surface area contributed by atoms with E-state index >= 15 is 0 Å². The quantitative estimate of drug-likeness (QED) is 0.156. The molecule has 2 aliphatic carbocycles. The van der Waals surface area contributed by atoms with Crippen molar-refractivity contribution in [3.63, 3.8) is 0 Å². The van der Waals surface area contributed by atoms with Crippen LogP contribution in [0.5, 0.6) is 0 Å². The zero-order valence-corrected chi connectivity index (χ0v) is 37.6. The number of para-hydroxylation sites is 1. The number of aromatic nitrogens is 1. The lowest BCUT2D eigenvalue weighted by atomic mass is 9.70. The molecule has 2 aliphatic rings. The smallest absolute Gasteiger partial charge is 0.0726 e. The molecule has 0 fully saturated rings. The van der Waals surface area contributed by atoms with E-state index in [1.54, 1.807) is 0 Å². The van der Waals surface area contributed by atoms with E-state index in [-0.39, 0.29) is 0 Å². The van der Waals surface area contributed by atoms with Crippen molar-refractivity contribution in [1.82, 2.24) is 4.57 Å². The monoisotopic (exact) mass is 874 g/mol. The molecule has 12 aromatic carbocycles. The molecule has 2 heteroatoms. The Hall–Kier alpha value is -8.98. The van der Waals surface area contributed by atoms with E-state index in [4.69, 9.17) is 0 Å². The molecule has 1 spiro atoms. The fourth-order valence-corrected chi connectivity index (χ4v) is 12.5. The maximum atomic E-state index is 2.51. The predicted octanol–water partition coefficient (Wildman–Crippen LogP) is 17.7. The number of rotatable bonds is 5. The molecule has 0 bridgehead atoms. The highest BCUT2D eigenvalue weighted by Crippen LogP contribution is 2.64. The molecule has 15 rings (SSSR count). The first-order chi connectivity index (χ1) is 34.2. The molecule has 0 unspecified atom stereocenters. The van der Waals surface area contributed by atoms with Crippen LogP contribution in [-0.2, 0) is 5.41 Å². The van der Waals surface area contributed by atoms with Gasteiger partial charge in [-0.3, -0.25) is 0 Å². The van der Waals surface area contributed by atoms with Gasteiger partial charge in [0.25, 0.3) is 0 Å². The third kappa shape index (κ3) is 5.31. The largest absolute Gasteiger partial charge is 0.310 e. The van der Waals surface area contributed by atoms with Crippen molar-refractivity contribution in [2.75, 3.05) is 4.90 Å². The lowest BCUT2D eigenvalue weighted by Crippen LogP contribution is -2.26. The second-order valence-corrected chi connectivity index (χ2v) is 18.7. The third-order valence-electron chi connectivity index (χ3n) is 15.4. The number of hydrogen-bond acceptors (Lipinski definition) is 1. The van der Waals surface area contributed by atoms with Gasteiger partial charge in [-0.2, -0.15) is 0 Å². The van der Waals surface area contributed by atoms with Crippen molar-refractivity contribution in [3.8, 4) is 39.1 Å². The summed E-state index contributed by atoms with van der Waals surface area (Å²) in [6, 6.07) is 94.9. The molecular formula is C67H42N2. The lowest BCUT2D eigenvalue weighted by molar-refractivity contribution is 0.794. The highest BCUT2D eigenvalue weighted by Gasteiger charge is 2.52. The maximum absolute atomic E-state index is 2.51. The van der Waals surface area contributed by atoms with Crippen molar-refractivity contribution in [1.29, 1.82) is 0 Å². The van der Waals surface area contributed by atoms with Crippen LogP contribution in [0.3, 0.4) is 0 Å². The molecule has 0 saturated carbocycles. The Balaban J connectivity index is 0.949. The van der Waals surface area contributed by atoms with E-state index in [1.165, 1.54) is 110 Å². The van der Waals surface area contributed by atoms with Gasteiger partial charge in [0.05, 0.1) is 22.1 Å². The number of anilines is 3. The summed E-state index contributed by atoms with van der Waals surface area (Å²) in [7, 11) is 0. The average molecular weight is 875 g/mol. The Labute approximate surface area is 400 Å². The third-order valence-corrected chi connectivity index (χ3v) is 15.4. The van der Waals surface area contributed by atoms with Crippen LogP contribution >= 0.6 is 0 Å². The summed E-state index contributed by atoms with van der Waals surface area (Å²) in [6.45, 7) is 0. The Morgan fingerprint density at radius 1 is 0.319 bits per heavy atom. The zero-order valence-electron chi connectivity index (χ0n) is 37.6. The molecule has 0 atom stereocenters. The first kappa shape index (κ1) is 38.2. The molecule has 2 nitrogen and oxygen atoms in total. The molecule has 1 heterocycles. The second kappa shape index (κ2) is 14.5. The van der Waals surface area contributed by atoms with E-state index in [0.717, 1.165) is 22.7 Å². The van der Waals surface area contributed by atoms with E-state index < -0.39 is 5.41 Å². The van der Waals surface area contributed by atoms with Crippen LogP contribution < -0.4 is 4.90 Å². The maximum Gasteiger partial charge on any atom is 0.0726 e. The molecule has 0 saturated heterocycles. The topological polar surface area (TPSA) is 8.17 Å². The fraction of sp³-hybridized carbons (Fsp3) is 0.0149. The highest BCUT2D eigenvalue weighted by atomic mass is 15.1. The summed E-state index contributed by atoms with van der Waals surface area (Å²) >= 11 is 0. The first-order valence-corrected chi connectivity index (χ1v) is 24.0. The Morgan fingerprint density at radius 2 is 0.855 bits per heavy atom. The van der Waals surface area contributed by atoms with Gasteiger partial charge < -0.3 is 9.47 Å². The standard InChI is InChI=1S/C67H42N2/c1-2-17-48(18-3-1)69-64-41-47(35-39-55(64)56-40-34-45-16-5-7-20-52(45)66(56)69)43-31-36-49(37-32-43)68(50-38-33-46-30-29-44-15-4-6-19-51(44)58(46)42-50)63-28-14-27-62-65(63)57-23-10-13-26-61(57)67(62)59-24-11-8-21-53(59)54-22-9-12-25-60(54)67/h1-42H. The Bertz CT molecular complexity index is 4210. The minimum atomic E-state index is -0.447. The molecule has 0 radical (unpaired) electrons. The molecule has 0 aliphatic heterocycles. The van der Waals surface area contributed by atoms with Crippen LogP contribution in [0, 0.1) is 0 Å². The van der Waals surface area contributed by atoms with E-state index in [2.05, 4.69) is 264 Å². The lowest BCUT2D eigenvalue weighted by Gasteiger charge is -2.32. The summed E-state index contributed by atoms with van der Waals surface area (Å²) < 4.78 is 2.46. The van der Waals surface area contributed by atoms with Gasteiger partial charge in [0.2, 0.25) is 0 Å². The van der Waals surface area contributed by atoms with Crippen molar-refractivity contribution in [2.24, 2.45) is 0 Å². The van der Waals surface area contributed by atoms with Crippen molar-refractivity contribution in [2.45, 2.75) is 5.41 Å². The van der Waals surface area contributed by atoms with Crippen molar-refractivity contribution in [3.05, 3.63) is 277 Å². The average Bonchev–Trinajstić information content (AvgIpc) is 4.04. The van der Waals surface area contributed by atoms with Crippen LogP contribution in [0.15, 0.2) is 255 Å². The second-order valence-electron chi connectivity index (χ2n) is 18.7. The number of hydrogen-bond donors (Lipinski definition) is 0. The van der Waals surface area contributed by atoms with Gasteiger partial charge >= 0.3 is 0 Å². The predicted molar refractivity (Wildman–Crippen MR) is 290 cm³/mol. The number of benzene rings is 12. The summed E-state index contributed by atoms with van der Waals surface area (Å²) in [5, 5.41) is 9.97. The van der Waals surface area contributed by atoms with Crippen molar-refractivity contribution < 1.29 is 0 Å². The molecule has 320 valence electrons. The molecular weight excluding hydrogens is 833 g/mol. The van der Waals surface area contributed by atoms with Crippen LogP contribution in [0.1, 0.15) is 22.3 Å². The minimum absolute atomic E-state index is 0.447. The number of nitrogens with zero attached hydrogens (tertiary/aromatic N) is 2. The van der Waals surface area contributed by atoms with Crippen LogP contribution in [0.4, 0.5) is 17.1 Å². The summed E-state index contributed by atoms with van der Waals surface area (Å²) in [6.07, 6.45) is 0. The minimum Gasteiger partial charge on any atom is -0.310 e. The van der Waals surface area contributed by atoms with E-state index in [9.17, 15) is 0 Å². The summed E-state index contributed by atoms with van der Waals surface area (Å²) in [5.41, 5.74) is 19.4. The fourth-order valence-electron chi connectivity index (χ4n) is 12.5. The van der Waals surface area contributed by atoms with Gasteiger partial charge in [-0.25, -0.2) is 0 Å². The molecule has 0 amide bonds. The molecule has 13 aromatic rings. The summed E-state index contributed by atoms with van der Waals surface area (Å²) in [4.78, 5) is 2.51. The highest BCUT2D eigenvalue weighted by molar-refractivity contribution is 6.19. The molecule has 1 aromatic heterocycles.